The SMILES string of the molecule is CCCn1nc(C(=O)Nc2ccccc2-c2nc3ccccc3s2)ccc1=O. The van der Waals surface area contributed by atoms with Gasteiger partial charge < -0.3 is 5.32 Å². The Bertz CT molecular complexity index is 1180. The van der Waals surface area contributed by atoms with Crippen molar-refractivity contribution >= 4 is 33.1 Å². The third kappa shape index (κ3) is 3.57. The first-order valence-corrected chi connectivity index (χ1v) is 9.82. The van der Waals surface area contributed by atoms with Gasteiger partial charge in [0.1, 0.15) is 10.7 Å². The van der Waals surface area contributed by atoms with Gasteiger partial charge in [-0.3, -0.25) is 9.59 Å². The molecule has 0 atom stereocenters. The van der Waals surface area contributed by atoms with Crippen LogP contribution in [0.3, 0.4) is 0 Å². The summed E-state index contributed by atoms with van der Waals surface area (Å²) in [7, 11) is 0. The first kappa shape index (κ1) is 18.1. The van der Waals surface area contributed by atoms with E-state index >= 15 is 0 Å². The van der Waals surface area contributed by atoms with Gasteiger partial charge in [0.2, 0.25) is 0 Å². The number of nitrogens with one attached hydrogen (secondary N) is 1. The molecule has 1 N–H and O–H groups in total. The molecule has 7 heteroatoms. The molecule has 0 aliphatic rings. The van der Waals surface area contributed by atoms with Crippen LogP contribution in [0.15, 0.2) is 65.5 Å². The minimum atomic E-state index is -0.363. The summed E-state index contributed by atoms with van der Waals surface area (Å²) >= 11 is 1.57. The summed E-state index contributed by atoms with van der Waals surface area (Å²) in [6.45, 7) is 2.43. The van der Waals surface area contributed by atoms with Gasteiger partial charge in [-0.2, -0.15) is 5.10 Å². The van der Waals surface area contributed by atoms with Gasteiger partial charge in [-0.25, -0.2) is 9.67 Å². The zero-order valence-corrected chi connectivity index (χ0v) is 16.1. The van der Waals surface area contributed by atoms with E-state index < -0.39 is 0 Å². The molecule has 0 fully saturated rings. The number of hydrogen-bond acceptors (Lipinski definition) is 5. The van der Waals surface area contributed by atoms with Gasteiger partial charge in [-0.1, -0.05) is 31.2 Å². The lowest BCUT2D eigenvalue weighted by molar-refractivity contribution is 0.102. The highest BCUT2D eigenvalue weighted by Gasteiger charge is 2.15. The molecular weight excluding hydrogens is 372 g/mol. The molecule has 0 bridgehead atoms. The van der Waals surface area contributed by atoms with Crippen molar-refractivity contribution in [3.8, 4) is 10.6 Å². The van der Waals surface area contributed by atoms with Crippen molar-refractivity contribution in [2.45, 2.75) is 19.9 Å². The first-order valence-electron chi connectivity index (χ1n) is 9.00. The highest BCUT2D eigenvalue weighted by Crippen LogP contribution is 2.34. The molecule has 0 saturated heterocycles. The number of hydrogen-bond donors (Lipinski definition) is 1. The van der Waals surface area contributed by atoms with E-state index in [1.807, 2.05) is 55.5 Å². The lowest BCUT2D eigenvalue weighted by atomic mass is 10.2. The molecule has 0 aliphatic heterocycles. The largest absolute Gasteiger partial charge is 0.320 e. The summed E-state index contributed by atoms with van der Waals surface area (Å²) in [5.41, 5.74) is 2.41. The quantitative estimate of drug-likeness (QED) is 0.554. The Morgan fingerprint density at radius 2 is 1.86 bits per heavy atom. The van der Waals surface area contributed by atoms with Crippen molar-refractivity contribution in [2.75, 3.05) is 5.32 Å². The molecule has 28 heavy (non-hydrogen) atoms. The predicted molar refractivity (Wildman–Crippen MR) is 112 cm³/mol. The molecule has 0 saturated carbocycles. The van der Waals surface area contributed by atoms with E-state index in [9.17, 15) is 9.59 Å². The third-order valence-electron chi connectivity index (χ3n) is 4.23. The molecule has 0 aliphatic carbocycles. The van der Waals surface area contributed by atoms with Crippen LogP contribution in [0.5, 0.6) is 0 Å². The Morgan fingerprint density at radius 3 is 2.68 bits per heavy atom. The van der Waals surface area contributed by atoms with Crippen LogP contribution in [0.1, 0.15) is 23.8 Å². The zero-order valence-electron chi connectivity index (χ0n) is 15.3. The standard InChI is InChI=1S/C21H18N4O2S/c1-2-13-25-19(26)12-11-17(24-25)20(27)22-15-8-4-3-7-14(15)21-23-16-9-5-6-10-18(16)28-21/h3-12H,2,13H2,1H3,(H,22,27). The topological polar surface area (TPSA) is 76.9 Å². The maximum atomic E-state index is 12.7. The fraction of sp³-hybridized carbons (Fsp3) is 0.143. The van der Waals surface area contributed by atoms with Gasteiger partial charge in [0.15, 0.2) is 0 Å². The minimum Gasteiger partial charge on any atom is -0.320 e. The van der Waals surface area contributed by atoms with E-state index in [0.717, 1.165) is 27.2 Å². The highest BCUT2D eigenvalue weighted by molar-refractivity contribution is 7.21. The number of thiazole rings is 1. The smallest absolute Gasteiger partial charge is 0.276 e. The fourth-order valence-electron chi connectivity index (χ4n) is 2.89. The lowest BCUT2D eigenvalue weighted by Crippen LogP contribution is -2.26. The second-order valence-electron chi connectivity index (χ2n) is 6.27. The molecule has 2 heterocycles. The predicted octanol–water partition coefficient (Wildman–Crippen LogP) is 4.18. The molecule has 2 aromatic heterocycles. The zero-order chi connectivity index (χ0) is 19.5. The van der Waals surface area contributed by atoms with Crippen molar-refractivity contribution < 1.29 is 4.79 Å². The van der Waals surface area contributed by atoms with E-state index in [0.29, 0.717) is 12.2 Å². The molecule has 6 nitrogen and oxygen atoms in total. The average molecular weight is 390 g/mol. The number of amides is 1. The van der Waals surface area contributed by atoms with Crippen LogP contribution in [-0.4, -0.2) is 20.7 Å². The number of carbonyl (C=O) groups is 1. The molecule has 0 radical (unpaired) electrons. The number of rotatable bonds is 5. The Kier molecular flexibility index (Phi) is 4.99. The number of fused-ring (bicyclic) bond motifs is 1. The highest BCUT2D eigenvalue weighted by atomic mass is 32.1. The van der Waals surface area contributed by atoms with Crippen molar-refractivity contribution in [1.29, 1.82) is 0 Å². The van der Waals surface area contributed by atoms with Crippen LogP contribution in [0.4, 0.5) is 5.69 Å². The number of anilines is 1. The Labute approximate surface area is 165 Å². The van der Waals surface area contributed by atoms with Crippen molar-refractivity contribution in [2.24, 2.45) is 0 Å². The summed E-state index contributed by atoms with van der Waals surface area (Å²) in [6, 6.07) is 18.3. The minimum absolute atomic E-state index is 0.201. The fourth-order valence-corrected chi connectivity index (χ4v) is 3.90. The van der Waals surface area contributed by atoms with E-state index in [-0.39, 0.29) is 17.2 Å². The molecule has 4 rings (SSSR count). The van der Waals surface area contributed by atoms with Crippen LogP contribution in [0.2, 0.25) is 0 Å². The number of aromatic nitrogens is 3. The van der Waals surface area contributed by atoms with Gasteiger partial charge in [0.05, 0.1) is 15.9 Å². The Hall–Kier alpha value is -3.32. The molecule has 4 aromatic rings. The van der Waals surface area contributed by atoms with Crippen molar-refractivity contribution in [3.63, 3.8) is 0 Å². The number of nitrogens with zero attached hydrogens (tertiary/aromatic N) is 3. The van der Waals surface area contributed by atoms with Crippen LogP contribution < -0.4 is 10.9 Å². The Morgan fingerprint density at radius 1 is 1.07 bits per heavy atom. The average Bonchev–Trinajstić information content (AvgIpc) is 3.14. The second kappa shape index (κ2) is 7.74. The van der Waals surface area contributed by atoms with Crippen LogP contribution in [0, 0.1) is 0 Å². The first-order chi connectivity index (χ1) is 13.7. The number of aryl methyl sites for hydroxylation is 1. The molecule has 140 valence electrons. The molecular formula is C21H18N4O2S. The van der Waals surface area contributed by atoms with Gasteiger partial charge in [-0.05, 0) is 36.8 Å². The second-order valence-corrected chi connectivity index (χ2v) is 7.30. The normalized spacial score (nSPS) is 10.9. The molecule has 2 aromatic carbocycles. The molecule has 0 unspecified atom stereocenters. The molecule has 1 amide bonds. The summed E-state index contributed by atoms with van der Waals surface area (Å²) in [4.78, 5) is 29.2. The van der Waals surface area contributed by atoms with Crippen molar-refractivity contribution in [1.82, 2.24) is 14.8 Å². The Balaban J connectivity index is 1.66. The van der Waals surface area contributed by atoms with Gasteiger partial charge in [0.25, 0.3) is 11.5 Å². The van der Waals surface area contributed by atoms with Gasteiger partial charge in [0, 0.05) is 18.2 Å². The van der Waals surface area contributed by atoms with Crippen LogP contribution in [-0.2, 0) is 6.54 Å². The van der Waals surface area contributed by atoms with Crippen LogP contribution >= 0.6 is 11.3 Å². The number of para-hydroxylation sites is 2. The van der Waals surface area contributed by atoms with E-state index in [4.69, 9.17) is 0 Å². The number of carbonyl (C=O) groups excluding carboxylic acids is 1. The van der Waals surface area contributed by atoms with E-state index in [1.54, 1.807) is 11.3 Å². The maximum absolute atomic E-state index is 12.7. The van der Waals surface area contributed by atoms with E-state index in [2.05, 4.69) is 15.4 Å². The van der Waals surface area contributed by atoms with Crippen molar-refractivity contribution in [3.05, 3.63) is 76.7 Å². The van der Waals surface area contributed by atoms with Crippen LogP contribution in [0.25, 0.3) is 20.8 Å². The third-order valence-corrected chi connectivity index (χ3v) is 5.30. The monoisotopic (exact) mass is 390 g/mol. The molecule has 0 spiro atoms. The summed E-state index contributed by atoms with van der Waals surface area (Å²) in [5, 5.41) is 7.92. The summed E-state index contributed by atoms with van der Waals surface area (Å²) in [5.74, 6) is -0.363. The van der Waals surface area contributed by atoms with E-state index in [1.165, 1.54) is 16.8 Å². The lowest BCUT2D eigenvalue weighted by Gasteiger charge is -2.10. The van der Waals surface area contributed by atoms with Gasteiger partial charge >= 0.3 is 0 Å². The summed E-state index contributed by atoms with van der Waals surface area (Å²) < 4.78 is 2.40. The summed E-state index contributed by atoms with van der Waals surface area (Å²) in [6.07, 6.45) is 0.762. The van der Waals surface area contributed by atoms with Gasteiger partial charge in [-0.15, -0.1) is 11.3 Å². The number of benzene rings is 2. The maximum Gasteiger partial charge on any atom is 0.276 e.